The third-order valence-electron chi connectivity index (χ3n) is 4.03. The molecule has 0 bridgehead atoms. The number of ether oxygens (including phenoxy) is 2. The SMILES string of the molecule is CCOc1ccc(/C=C(\C#N)C(=O)OCC(=O)Nc2ccccc2C(C)C)cc1. The van der Waals surface area contributed by atoms with Crippen molar-refractivity contribution in [2.24, 2.45) is 0 Å². The Kier molecular flexibility index (Phi) is 7.99. The molecule has 0 heterocycles. The fourth-order valence-corrected chi connectivity index (χ4v) is 2.64. The largest absolute Gasteiger partial charge is 0.494 e. The van der Waals surface area contributed by atoms with E-state index in [0.29, 0.717) is 23.6 Å². The second kappa shape index (κ2) is 10.7. The summed E-state index contributed by atoms with van der Waals surface area (Å²) in [4.78, 5) is 24.3. The molecule has 0 aliphatic carbocycles. The lowest BCUT2D eigenvalue weighted by molar-refractivity contribution is -0.142. The van der Waals surface area contributed by atoms with Crippen molar-refractivity contribution in [3.8, 4) is 11.8 Å². The summed E-state index contributed by atoms with van der Waals surface area (Å²) in [5, 5.41) is 12.0. The number of benzene rings is 2. The van der Waals surface area contributed by atoms with Crippen LogP contribution in [0.25, 0.3) is 6.08 Å². The molecule has 0 aromatic heterocycles. The number of nitrogens with one attached hydrogen (secondary N) is 1. The Morgan fingerprint density at radius 2 is 1.83 bits per heavy atom. The summed E-state index contributed by atoms with van der Waals surface area (Å²) in [5.74, 6) is -0.390. The third kappa shape index (κ3) is 6.51. The highest BCUT2D eigenvalue weighted by Gasteiger charge is 2.14. The van der Waals surface area contributed by atoms with Gasteiger partial charge < -0.3 is 14.8 Å². The van der Waals surface area contributed by atoms with E-state index < -0.39 is 18.5 Å². The van der Waals surface area contributed by atoms with E-state index in [1.54, 1.807) is 30.3 Å². The summed E-state index contributed by atoms with van der Waals surface area (Å²) < 4.78 is 10.4. The van der Waals surface area contributed by atoms with Crippen LogP contribution in [-0.2, 0) is 14.3 Å². The van der Waals surface area contributed by atoms with Crippen molar-refractivity contribution in [3.63, 3.8) is 0 Å². The first-order valence-corrected chi connectivity index (χ1v) is 9.35. The lowest BCUT2D eigenvalue weighted by atomic mass is 10.0. The van der Waals surface area contributed by atoms with E-state index in [1.165, 1.54) is 6.08 Å². The van der Waals surface area contributed by atoms with E-state index in [-0.39, 0.29) is 11.5 Å². The molecule has 2 rings (SSSR count). The van der Waals surface area contributed by atoms with Crippen molar-refractivity contribution in [3.05, 3.63) is 65.2 Å². The Labute approximate surface area is 170 Å². The van der Waals surface area contributed by atoms with Crippen LogP contribution in [0.15, 0.2) is 54.1 Å². The zero-order valence-corrected chi connectivity index (χ0v) is 16.8. The average Bonchev–Trinajstić information content (AvgIpc) is 2.72. The normalized spacial score (nSPS) is 10.9. The average molecular weight is 392 g/mol. The van der Waals surface area contributed by atoms with Gasteiger partial charge in [0, 0.05) is 5.69 Å². The second-order valence-electron chi connectivity index (χ2n) is 6.54. The van der Waals surface area contributed by atoms with E-state index in [2.05, 4.69) is 5.32 Å². The smallest absolute Gasteiger partial charge is 0.349 e. The first-order chi connectivity index (χ1) is 13.9. The molecule has 6 heteroatoms. The molecule has 0 aliphatic rings. The molecule has 0 spiro atoms. The Hall–Kier alpha value is -3.59. The van der Waals surface area contributed by atoms with E-state index >= 15 is 0 Å². The third-order valence-corrected chi connectivity index (χ3v) is 4.03. The monoisotopic (exact) mass is 392 g/mol. The van der Waals surface area contributed by atoms with Crippen molar-refractivity contribution in [2.45, 2.75) is 26.7 Å². The van der Waals surface area contributed by atoms with Crippen LogP contribution in [0.1, 0.15) is 37.8 Å². The van der Waals surface area contributed by atoms with Gasteiger partial charge in [-0.3, -0.25) is 4.79 Å². The Balaban J connectivity index is 1.98. The molecule has 0 atom stereocenters. The number of nitriles is 1. The number of carbonyl (C=O) groups is 2. The minimum atomic E-state index is -0.853. The molecule has 0 saturated carbocycles. The number of hydrogen-bond donors (Lipinski definition) is 1. The molecule has 29 heavy (non-hydrogen) atoms. The van der Waals surface area contributed by atoms with Crippen LogP contribution in [0.3, 0.4) is 0 Å². The molecule has 0 fully saturated rings. The van der Waals surface area contributed by atoms with Crippen LogP contribution in [-0.4, -0.2) is 25.1 Å². The number of hydrogen-bond acceptors (Lipinski definition) is 5. The van der Waals surface area contributed by atoms with Gasteiger partial charge >= 0.3 is 5.97 Å². The minimum Gasteiger partial charge on any atom is -0.494 e. The van der Waals surface area contributed by atoms with Gasteiger partial charge in [-0.2, -0.15) is 5.26 Å². The molecule has 2 aromatic carbocycles. The number of nitrogens with zero attached hydrogens (tertiary/aromatic N) is 1. The maximum absolute atomic E-state index is 12.2. The molecule has 0 saturated heterocycles. The van der Waals surface area contributed by atoms with Crippen molar-refractivity contribution < 1.29 is 19.1 Å². The minimum absolute atomic E-state index is 0.190. The number of para-hydroxylation sites is 1. The van der Waals surface area contributed by atoms with Gasteiger partial charge in [0.1, 0.15) is 17.4 Å². The molecule has 0 aliphatic heterocycles. The van der Waals surface area contributed by atoms with Gasteiger partial charge in [0.05, 0.1) is 6.61 Å². The molecular weight excluding hydrogens is 368 g/mol. The topological polar surface area (TPSA) is 88.4 Å². The Bertz CT molecular complexity index is 925. The van der Waals surface area contributed by atoms with E-state index in [9.17, 15) is 14.9 Å². The van der Waals surface area contributed by atoms with Crippen LogP contribution in [0, 0.1) is 11.3 Å². The highest BCUT2D eigenvalue weighted by Crippen LogP contribution is 2.23. The van der Waals surface area contributed by atoms with Gasteiger partial charge in [0.15, 0.2) is 6.61 Å². The first-order valence-electron chi connectivity index (χ1n) is 9.35. The predicted molar refractivity (Wildman–Crippen MR) is 111 cm³/mol. The van der Waals surface area contributed by atoms with Crippen LogP contribution >= 0.6 is 0 Å². The quantitative estimate of drug-likeness (QED) is 0.411. The number of esters is 1. The van der Waals surface area contributed by atoms with E-state index in [0.717, 1.165) is 5.56 Å². The summed E-state index contributed by atoms with van der Waals surface area (Å²) >= 11 is 0. The summed E-state index contributed by atoms with van der Waals surface area (Å²) in [5.41, 5.74) is 2.12. The van der Waals surface area contributed by atoms with Gasteiger partial charge in [0.25, 0.3) is 5.91 Å². The molecule has 0 radical (unpaired) electrons. The van der Waals surface area contributed by atoms with Crippen molar-refractivity contribution in [1.82, 2.24) is 0 Å². The molecule has 150 valence electrons. The summed E-state index contributed by atoms with van der Waals surface area (Å²) in [6.45, 7) is 6.00. The summed E-state index contributed by atoms with van der Waals surface area (Å²) in [6.07, 6.45) is 1.41. The highest BCUT2D eigenvalue weighted by molar-refractivity contribution is 6.00. The maximum Gasteiger partial charge on any atom is 0.349 e. The van der Waals surface area contributed by atoms with Crippen LogP contribution in [0.2, 0.25) is 0 Å². The summed E-state index contributed by atoms with van der Waals surface area (Å²) in [7, 11) is 0. The van der Waals surface area contributed by atoms with Crippen molar-refractivity contribution in [1.29, 1.82) is 5.26 Å². The van der Waals surface area contributed by atoms with E-state index in [4.69, 9.17) is 9.47 Å². The Morgan fingerprint density at radius 3 is 2.45 bits per heavy atom. The van der Waals surface area contributed by atoms with Gasteiger partial charge in [-0.1, -0.05) is 44.2 Å². The maximum atomic E-state index is 12.2. The van der Waals surface area contributed by atoms with Crippen LogP contribution < -0.4 is 10.1 Å². The van der Waals surface area contributed by atoms with Crippen LogP contribution in [0.5, 0.6) is 5.75 Å². The van der Waals surface area contributed by atoms with Crippen molar-refractivity contribution >= 4 is 23.6 Å². The standard InChI is InChI=1S/C23H24N2O4/c1-4-28-19-11-9-17(10-12-19)13-18(14-24)23(27)29-15-22(26)25-21-8-6-5-7-20(21)16(2)3/h5-13,16H,4,15H2,1-3H3,(H,25,26)/b18-13+. The predicted octanol–water partition coefficient (Wildman–Crippen LogP) is 4.30. The number of amides is 1. The molecule has 2 aromatic rings. The van der Waals surface area contributed by atoms with Gasteiger partial charge in [-0.15, -0.1) is 0 Å². The zero-order chi connectivity index (χ0) is 21.2. The number of carbonyl (C=O) groups excluding carboxylic acids is 2. The lowest BCUT2D eigenvalue weighted by Crippen LogP contribution is -2.22. The molecular formula is C23H24N2O4. The molecule has 1 N–H and O–H groups in total. The number of rotatable bonds is 8. The Morgan fingerprint density at radius 1 is 1.14 bits per heavy atom. The van der Waals surface area contributed by atoms with Crippen molar-refractivity contribution in [2.75, 3.05) is 18.5 Å². The fraction of sp³-hybridized carbons (Fsp3) is 0.261. The van der Waals surface area contributed by atoms with Crippen LogP contribution in [0.4, 0.5) is 5.69 Å². The fourth-order valence-electron chi connectivity index (χ4n) is 2.64. The first kappa shape index (κ1) is 21.7. The zero-order valence-electron chi connectivity index (χ0n) is 16.8. The number of anilines is 1. The molecule has 0 unspecified atom stereocenters. The molecule has 6 nitrogen and oxygen atoms in total. The highest BCUT2D eigenvalue weighted by atomic mass is 16.5. The molecule has 1 amide bonds. The van der Waals surface area contributed by atoms with Gasteiger partial charge in [0.2, 0.25) is 0 Å². The van der Waals surface area contributed by atoms with Gasteiger partial charge in [-0.25, -0.2) is 4.79 Å². The van der Waals surface area contributed by atoms with E-state index in [1.807, 2.05) is 45.0 Å². The summed E-state index contributed by atoms with van der Waals surface area (Å²) in [6, 6.07) is 16.2. The van der Waals surface area contributed by atoms with Gasteiger partial charge in [-0.05, 0) is 48.2 Å². The second-order valence-corrected chi connectivity index (χ2v) is 6.54. The lowest BCUT2D eigenvalue weighted by Gasteiger charge is -2.13.